The molecular formula is C24H30N10O. The third kappa shape index (κ3) is 3.79. The van der Waals surface area contributed by atoms with Gasteiger partial charge in [-0.3, -0.25) is 4.79 Å². The highest BCUT2D eigenvalue weighted by atomic mass is 16.2. The summed E-state index contributed by atoms with van der Waals surface area (Å²) in [6.45, 7) is 8.27. The van der Waals surface area contributed by atoms with Gasteiger partial charge in [0.05, 0.1) is 11.7 Å². The number of nitrogens with zero attached hydrogens (tertiary/aromatic N) is 9. The van der Waals surface area contributed by atoms with E-state index in [1.807, 2.05) is 41.6 Å². The van der Waals surface area contributed by atoms with Crippen LogP contribution in [-0.4, -0.2) is 70.7 Å². The molecule has 2 N–H and O–H groups in total. The average molecular weight is 475 g/mol. The molecule has 2 atom stereocenters. The zero-order chi connectivity index (χ0) is 24.3. The van der Waals surface area contributed by atoms with Crippen molar-refractivity contribution in [1.29, 1.82) is 0 Å². The number of hydrogen-bond acceptors (Lipinski definition) is 8. The molecule has 4 aromatic heterocycles. The van der Waals surface area contributed by atoms with Crippen molar-refractivity contribution in [1.82, 2.24) is 39.1 Å². The van der Waals surface area contributed by atoms with Gasteiger partial charge in [-0.2, -0.15) is 10.1 Å². The van der Waals surface area contributed by atoms with Gasteiger partial charge in [0.1, 0.15) is 5.82 Å². The largest absolute Gasteiger partial charge is 0.355 e. The smallest absolute Gasteiger partial charge is 0.294 e. The molecular weight excluding hydrogens is 444 g/mol. The Morgan fingerprint density at radius 2 is 1.89 bits per heavy atom. The summed E-state index contributed by atoms with van der Waals surface area (Å²) < 4.78 is 3.45. The van der Waals surface area contributed by atoms with E-state index in [0.29, 0.717) is 12.3 Å². The van der Waals surface area contributed by atoms with Crippen LogP contribution in [0.15, 0.2) is 18.3 Å². The highest BCUT2D eigenvalue weighted by Crippen LogP contribution is 2.32. The van der Waals surface area contributed by atoms with Crippen molar-refractivity contribution < 1.29 is 4.79 Å². The van der Waals surface area contributed by atoms with E-state index in [1.165, 1.54) is 0 Å². The van der Waals surface area contributed by atoms with Crippen LogP contribution in [0.25, 0.3) is 11.4 Å². The monoisotopic (exact) mass is 474 g/mol. The lowest BCUT2D eigenvalue weighted by atomic mass is 9.99. The summed E-state index contributed by atoms with van der Waals surface area (Å²) in [4.78, 5) is 31.5. The molecule has 4 aromatic rings. The van der Waals surface area contributed by atoms with Gasteiger partial charge in [-0.05, 0) is 52.5 Å². The van der Waals surface area contributed by atoms with Gasteiger partial charge in [0.2, 0.25) is 5.82 Å². The third-order valence-corrected chi connectivity index (χ3v) is 7.06. The molecule has 0 aliphatic carbocycles. The molecule has 11 heteroatoms. The van der Waals surface area contributed by atoms with Crippen molar-refractivity contribution in [2.24, 2.45) is 5.73 Å². The van der Waals surface area contributed by atoms with Crippen molar-refractivity contribution in [2.75, 3.05) is 24.5 Å². The first kappa shape index (κ1) is 21.9. The molecule has 0 aromatic carbocycles. The molecule has 2 aliphatic rings. The fraction of sp³-hybridized carbons (Fsp3) is 0.500. The maximum atomic E-state index is 13.6. The number of fused-ring (bicyclic) bond motifs is 2. The minimum absolute atomic E-state index is 0.149. The van der Waals surface area contributed by atoms with Crippen molar-refractivity contribution in [3.8, 4) is 0 Å². The summed E-state index contributed by atoms with van der Waals surface area (Å²) in [5, 5.41) is 9.30. The number of nitrogens with two attached hydrogens (primary N) is 1. The number of rotatable bonds is 3. The van der Waals surface area contributed by atoms with E-state index < -0.39 is 0 Å². The van der Waals surface area contributed by atoms with Gasteiger partial charge in [0.25, 0.3) is 11.7 Å². The molecule has 6 heterocycles. The number of likely N-dealkylation sites (tertiary alicyclic amines) is 1. The lowest BCUT2D eigenvalue weighted by Crippen LogP contribution is -2.39. The molecule has 11 nitrogen and oxygen atoms in total. The van der Waals surface area contributed by atoms with E-state index in [-0.39, 0.29) is 23.8 Å². The van der Waals surface area contributed by atoms with Crippen LogP contribution >= 0.6 is 0 Å². The molecule has 0 saturated carbocycles. The highest BCUT2D eigenvalue weighted by molar-refractivity contribution is 5.91. The third-order valence-electron chi connectivity index (χ3n) is 7.06. The Morgan fingerprint density at radius 1 is 1.03 bits per heavy atom. The number of aryl methyl sites for hydroxylation is 3. The van der Waals surface area contributed by atoms with Crippen molar-refractivity contribution in [2.45, 2.75) is 58.5 Å². The second kappa shape index (κ2) is 8.26. The minimum atomic E-state index is -0.190. The van der Waals surface area contributed by atoms with Crippen LogP contribution in [0.5, 0.6) is 0 Å². The summed E-state index contributed by atoms with van der Waals surface area (Å²) in [7, 11) is 0. The van der Waals surface area contributed by atoms with E-state index in [1.54, 1.807) is 4.52 Å². The number of carbonyl (C=O) groups excluding carboxylic acids is 1. The van der Waals surface area contributed by atoms with E-state index in [0.717, 1.165) is 72.9 Å². The van der Waals surface area contributed by atoms with Gasteiger partial charge in [0, 0.05) is 54.9 Å². The van der Waals surface area contributed by atoms with Gasteiger partial charge < -0.3 is 15.5 Å². The molecule has 6 rings (SSSR count). The van der Waals surface area contributed by atoms with Gasteiger partial charge in [0.15, 0.2) is 5.65 Å². The summed E-state index contributed by atoms with van der Waals surface area (Å²) in [6, 6.07) is 3.96. The fourth-order valence-electron chi connectivity index (χ4n) is 5.35. The molecule has 0 spiro atoms. The van der Waals surface area contributed by atoms with Crippen LogP contribution in [0.2, 0.25) is 0 Å². The quantitative estimate of drug-likeness (QED) is 0.478. The minimum Gasteiger partial charge on any atom is -0.355 e. The normalized spacial score (nSPS) is 20.9. The summed E-state index contributed by atoms with van der Waals surface area (Å²) in [6.07, 6.45) is 5.80. The van der Waals surface area contributed by atoms with Gasteiger partial charge >= 0.3 is 0 Å². The van der Waals surface area contributed by atoms with E-state index in [4.69, 9.17) is 15.8 Å². The Kier molecular flexibility index (Phi) is 5.17. The van der Waals surface area contributed by atoms with Crippen LogP contribution in [0.1, 0.15) is 65.0 Å². The Morgan fingerprint density at radius 3 is 2.69 bits per heavy atom. The zero-order valence-corrected chi connectivity index (χ0v) is 20.3. The SMILES string of the molecule is Cc1cc(C)n2nc(C(=O)N3CCCC[C@H]3c3cc4nc(N5CC[C@H](N)C5)c(C)cn4n3)nc2n1. The van der Waals surface area contributed by atoms with E-state index >= 15 is 0 Å². The van der Waals surface area contributed by atoms with Crippen LogP contribution in [0, 0.1) is 20.8 Å². The van der Waals surface area contributed by atoms with Crippen LogP contribution < -0.4 is 10.6 Å². The molecule has 2 saturated heterocycles. The second-order valence-corrected chi connectivity index (χ2v) is 9.81. The molecule has 2 aliphatic heterocycles. The number of carbonyl (C=O) groups is 1. The lowest BCUT2D eigenvalue weighted by molar-refractivity contribution is 0.0593. The highest BCUT2D eigenvalue weighted by Gasteiger charge is 2.33. The van der Waals surface area contributed by atoms with Crippen molar-refractivity contribution in [3.05, 3.63) is 46.8 Å². The maximum absolute atomic E-state index is 13.6. The van der Waals surface area contributed by atoms with Crippen molar-refractivity contribution in [3.63, 3.8) is 0 Å². The molecule has 1 amide bonds. The number of piperidine rings is 1. The first-order valence-corrected chi connectivity index (χ1v) is 12.3. The topological polar surface area (TPSA) is 123 Å². The van der Waals surface area contributed by atoms with Crippen LogP contribution in [-0.2, 0) is 0 Å². The second-order valence-electron chi connectivity index (χ2n) is 9.81. The van der Waals surface area contributed by atoms with Crippen LogP contribution in [0.4, 0.5) is 5.82 Å². The Bertz CT molecular complexity index is 1440. The molecule has 0 unspecified atom stereocenters. The zero-order valence-electron chi connectivity index (χ0n) is 20.3. The predicted octanol–water partition coefficient (Wildman–Crippen LogP) is 2.00. The number of amides is 1. The summed E-state index contributed by atoms with van der Waals surface area (Å²) in [5.41, 5.74) is 10.5. The molecule has 0 bridgehead atoms. The average Bonchev–Trinajstić information content (AvgIpc) is 3.56. The van der Waals surface area contributed by atoms with Crippen molar-refractivity contribution >= 4 is 23.1 Å². The molecule has 182 valence electrons. The number of hydrogen-bond donors (Lipinski definition) is 1. The summed E-state index contributed by atoms with van der Waals surface area (Å²) in [5.74, 6) is 1.38. The van der Waals surface area contributed by atoms with E-state index in [2.05, 4.69) is 26.9 Å². The molecule has 0 radical (unpaired) electrons. The van der Waals surface area contributed by atoms with Crippen LogP contribution in [0.3, 0.4) is 0 Å². The predicted molar refractivity (Wildman–Crippen MR) is 130 cm³/mol. The van der Waals surface area contributed by atoms with Gasteiger partial charge in [-0.1, -0.05) is 0 Å². The summed E-state index contributed by atoms with van der Waals surface area (Å²) >= 11 is 0. The molecule has 2 fully saturated rings. The first-order chi connectivity index (χ1) is 16.9. The Hall–Kier alpha value is -3.60. The van der Waals surface area contributed by atoms with E-state index in [9.17, 15) is 4.79 Å². The molecule has 35 heavy (non-hydrogen) atoms. The van der Waals surface area contributed by atoms with Gasteiger partial charge in [-0.25, -0.2) is 19.0 Å². The lowest BCUT2D eigenvalue weighted by Gasteiger charge is -2.33. The Labute approximate surface area is 203 Å². The Balaban J connectivity index is 1.33. The van der Waals surface area contributed by atoms with Gasteiger partial charge in [-0.15, -0.1) is 5.10 Å². The number of anilines is 1. The first-order valence-electron chi connectivity index (χ1n) is 12.3. The number of aromatic nitrogens is 7. The maximum Gasteiger partial charge on any atom is 0.294 e. The fourth-order valence-corrected chi connectivity index (χ4v) is 5.35. The standard InChI is InChI=1S/C24H30N10O/c1-14-12-33-20(27-22(14)31-9-7-17(25)13-31)11-18(29-33)19-6-4-5-8-32(19)23(35)21-28-24-26-15(2)10-16(3)34(24)30-21/h10-12,17,19H,4-9,13,25H2,1-3H3/t17-,19-/m0/s1.